The number of benzene rings is 1. The number of thiophene rings is 1. The highest BCUT2D eigenvalue weighted by Gasteiger charge is 2.15. The van der Waals surface area contributed by atoms with E-state index >= 15 is 0 Å². The molecule has 1 aromatic heterocycles. The minimum Gasteiger partial charge on any atom is -0.478 e. The van der Waals surface area contributed by atoms with E-state index in [9.17, 15) is 9.59 Å². The van der Waals surface area contributed by atoms with Crippen molar-refractivity contribution in [3.8, 4) is 0 Å². The lowest BCUT2D eigenvalue weighted by atomic mass is 10.1. The maximum atomic E-state index is 12.1. The van der Waals surface area contributed by atoms with Crippen LogP contribution in [0.1, 0.15) is 31.2 Å². The first kappa shape index (κ1) is 14.6. The van der Waals surface area contributed by atoms with Crippen molar-refractivity contribution in [1.29, 1.82) is 0 Å². The third-order valence-electron chi connectivity index (χ3n) is 2.82. The van der Waals surface area contributed by atoms with Gasteiger partial charge < -0.3 is 10.4 Å². The lowest BCUT2D eigenvalue weighted by Crippen LogP contribution is -2.11. The number of carboxylic acids is 1. The van der Waals surface area contributed by atoms with Gasteiger partial charge in [0.2, 0.25) is 0 Å². The van der Waals surface area contributed by atoms with Gasteiger partial charge in [0.1, 0.15) is 4.88 Å². The molecule has 0 saturated carbocycles. The van der Waals surface area contributed by atoms with Gasteiger partial charge in [-0.3, -0.25) is 4.79 Å². The van der Waals surface area contributed by atoms with Crippen LogP contribution in [0.15, 0.2) is 23.6 Å². The summed E-state index contributed by atoms with van der Waals surface area (Å²) in [6, 6.07) is 4.65. The molecule has 0 radical (unpaired) electrons. The van der Waals surface area contributed by atoms with Crippen LogP contribution < -0.4 is 5.32 Å². The van der Waals surface area contributed by atoms with Crippen LogP contribution in [0, 0.1) is 13.8 Å². The number of anilines is 1. The summed E-state index contributed by atoms with van der Waals surface area (Å²) < 4.78 is 0. The standard InChI is InChI=1S/C14H12ClNO3S/c1-7-5-9(3-4-10(7)14(18)19)16-13(17)12-11(15)8(2)6-20-12/h3-6H,1-2H3,(H,16,17)(H,18,19). The summed E-state index contributed by atoms with van der Waals surface area (Å²) in [5.74, 6) is -1.28. The molecule has 0 aliphatic rings. The highest BCUT2D eigenvalue weighted by Crippen LogP contribution is 2.28. The number of hydrogen-bond acceptors (Lipinski definition) is 3. The summed E-state index contributed by atoms with van der Waals surface area (Å²) in [4.78, 5) is 23.4. The zero-order chi connectivity index (χ0) is 14.9. The second kappa shape index (κ2) is 5.64. The fourth-order valence-corrected chi connectivity index (χ4v) is 2.93. The number of aromatic carboxylic acids is 1. The molecule has 4 nitrogen and oxygen atoms in total. The maximum Gasteiger partial charge on any atom is 0.335 e. The highest BCUT2D eigenvalue weighted by atomic mass is 35.5. The molecule has 0 aliphatic heterocycles. The van der Waals surface area contributed by atoms with Gasteiger partial charge in [-0.1, -0.05) is 11.6 Å². The van der Waals surface area contributed by atoms with Crippen LogP contribution in [0.3, 0.4) is 0 Å². The van der Waals surface area contributed by atoms with E-state index in [-0.39, 0.29) is 11.5 Å². The number of rotatable bonds is 3. The summed E-state index contributed by atoms with van der Waals surface area (Å²) in [6.45, 7) is 3.52. The Morgan fingerprint density at radius 1 is 1.25 bits per heavy atom. The molecule has 0 bridgehead atoms. The van der Waals surface area contributed by atoms with Gasteiger partial charge in [-0.2, -0.15) is 0 Å². The largest absolute Gasteiger partial charge is 0.478 e. The van der Waals surface area contributed by atoms with E-state index < -0.39 is 5.97 Å². The summed E-state index contributed by atoms with van der Waals surface area (Å²) in [5.41, 5.74) is 2.20. The number of aryl methyl sites for hydroxylation is 2. The van der Waals surface area contributed by atoms with E-state index in [1.54, 1.807) is 19.1 Å². The van der Waals surface area contributed by atoms with Gasteiger partial charge in [0.05, 0.1) is 10.6 Å². The molecule has 0 aliphatic carbocycles. The minimum absolute atomic E-state index is 0.216. The first-order valence-corrected chi connectivity index (χ1v) is 7.04. The second-order valence-corrected chi connectivity index (χ2v) is 5.61. The lowest BCUT2D eigenvalue weighted by Gasteiger charge is -2.07. The van der Waals surface area contributed by atoms with Crippen molar-refractivity contribution in [3.05, 3.63) is 50.2 Å². The average molecular weight is 310 g/mol. The van der Waals surface area contributed by atoms with Crippen molar-refractivity contribution in [2.45, 2.75) is 13.8 Å². The quantitative estimate of drug-likeness (QED) is 0.901. The lowest BCUT2D eigenvalue weighted by molar-refractivity contribution is 0.0696. The Labute approximate surface area is 125 Å². The number of hydrogen-bond donors (Lipinski definition) is 2. The minimum atomic E-state index is -0.989. The predicted molar refractivity (Wildman–Crippen MR) is 80.2 cm³/mol. The number of carbonyl (C=O) groups excluding carboxylic acids is 1. The van der Waals surface area contributed by atoms with Crippen molar-refractivity contribution >= 4 is 40.5 Å². The fraction of sp³-hybridized carbons (Fsp3) is 0.143. The number of carboxylic acid groups (broad SMARTS) is 1. The van der Waals surface area contributed by atoms with Gasteiger partial charge in [0, 0.05) is 5.69 Å². The molecule has 0 unspecified atom stereocenters. The molecular formula is C14H12ClNO3S. The van der Waals surface area contributed by atoms with E-state index in [0.717, 1.165) is 5.56 Å². The van der Waals surface area contributed by atoms with Gasteiger partial charge in [-0.05, 0) is 48.6 Å². The number of amides is 1. The topological polar surface area (TPSA) is 66.4 Å². The van der Waals surface area contributed by atoms with Crippen LogP contribution in [0.5, 0.6) is 0 Å². The van der Waals surface area contributed by atoms with Crippen molar-refractivity contribution in [1.82, 2.24) is 0 Å². The van der Waals surface area contributed by atoms with Gasteiger partial charge in [-0.15, -0.1) is 11.3 Å². The van der Waals surface area contributed by atoms with Gasteiger partial charge in [0.25, 0.3) is 5.91 Å². The first-order valence-electron chi connectivity index (χ1n) is 5.79. The maximum absolute atomic E-state index is 12.1. The van der Waals surface area contributed by atoms with Crippen LogP contribution in [-0.2, 0) is 0 Å². The summed E-state index contributed by atoms with van der Waals surface area (Å²) in [6.07, 6.45) is 0. The molecule has 20 heavy (non-hydrogen) atoms. The molecule has 2 N–H and O–H groups in total. The van der Waals surface area contributed by atoms with E-state index in [1.165, 1.54) is 17.4 Å². The van der Waals surface area contributed by atoms with E-state index in [0.29, 0.717) is 21.2 Å². The Morgan fingerprint density at radius 3 is 2.45 bits per heavy atom. The Hall–Kier alpha value is -1.85. The zero-order valence-electron chi connectivity index (χ0n) is 10.9. The molecule has 0 atom stereocenters. The van der Waals surface area contributed by atoms with Crippen molar-refractivity contribution in [3.63, 3.8) is 0 Å². The molecule has 1 heterocycles. The van der Waals surface area contributed by atoms with E-state index in [1.807, 2.05) is 12.3 Å². The summed E-state index contributed by atoms with van der Waals surface area (Å²) in [5, 5.41) is 13.9. The second-order valence-electron chi connectivity index (χ2n) is 4.35. The monoisotopic (exact) mass is 309 g/mol. The Bertz CT molecular complexity index is 694. The highest BCUT2D eigenvalue weighted by molar-refractivity contribution is 7.13. The predicted octanol–water partition coefficient (Wildman–Crippen LogP) is 3.97. The first-order chi connectivity index (χ1) is 9.40. The van der Waals surface area contributed by atoms with Crippen LogP contribution in [0.4, 0.5) is 5.69 Å². The Balaban J connectivity index is 2.22. The van der Waals surface area contributed by atoms with Gasteiger partial charge in [-0.25, -0.2) is 4.79 Å². The Morgan fingerprint density at radius 2 is 1.95 bits per heavy atom. The van der Waals surface area contributed by atoms with Crippen molar-refractivity contribution < 1.29 is 14.7 Å². The molecule has 1 aromatic carbocycles. The third kappa shape index (κ3) is 2.84. The molecule has 2 rings (SSSR count). The molecule has 1 amide bonds. The third-order valence-corrected chi connectivity index (χ3v) is 4.52. The van der Waals surface area contributed by atoms with E-state index in [2.05, 4.69) is 5.32 Å². The van der Waals surface area contributed by atoms with Crippen LogP contribution >= 0.6 is 22.9 Å². The van der Waals surface area contributed by atoms with E-state index in [4.69, 9.17) is 16.7 Å². The van der Waals surface area contributed by atoms with Gasteiger partial charge in [0.15, 0.2) is 0 Å². The molecule has 0 fully saturated rings. The smallest absolute Gasteiger partial charge is 0.335 e. The summed E-state index contributed by atoms with van der Waals surface area (Å²) in [7, 11) is 0. The molecule has 6 heteroatoms. The van der Waals surface area contributed by atoms with Crippen LogP contribution in [-0.4, -0.2) is 17.0 Å². The Kier molecular flexibility index (Phi) is 4.11. The molecule has 104 valence electrons. The van der Waals surface area contributed by atoms with Crippen molar-refractivity contribution in [2.24, 2.45) is 0 Å². The summed E-state index contributed by atoms with van der Waals surface area (Å²) >= 11 is 7.32. The zero-order valence-corrected chi connectivity index (χ0v) is 12.4. The van der Waals surface area contributed by atoms with Gasteiger partial charge >= 0.3 is 5.97 Å². The molecule has 0 saturated heterocycles. The van der Waals surface area contributed by atoms with Crippen molar-refractivity contribution in [2.75, 3.05) is 5.32 Å². The molecular weight excluding hydrogens is 298 g/mol. The van der Waals surface area contributed by atoms with Crippen LogP contribution in [0.25, 0.3) is 0 Å². The molecule has 0 spiro atoms. The normalized spacial score (nSPS) is 10.3. The number of nitrogens with one attached hydrogen (secondary N) is 1. The number of halogens is 1. The average Bonchev–Trinajstić information content (AvgIpc) is 2.69. The number of carbonyl (C=O) groups is 2. The molecule has 2 aromatic rings. The SMILES string of the molecule is Cc1cc(NC(=O)c2scc(C)c2Cl)ccc1C(=O)O. The van der Waals surface area contributed by atoms with Crippen LogP contribution in [0.2, 0.25) is 5.02 Å². The fourth-order valence-electron chi connectivity index (χ4n) is 1.75.